The van der Waals surface area contributed by atoms with Gasteiger partial charge in [-0.1, -0.05) is 12.1 Å². The summed E-state index contributed by atoms with van der Waals surface area (Å²) < 4.78 is 9.63. The van der Waals surface area contributed by atoms with Gasteiger partial charge in [0, 0.05) is 0 Å². The molecule has 5 nitrogen and oxygen atoms in total. The molecule has 1 atom stereocenters. The lowest BCUT2D eigenvalue weighted by Crippen LogP contribution is -2.12. The van der Waals surface area contributed by atoms with E-state index < -0.39 is 12.1 Å². The molecule has 1 saturated heterocycles. The molecule has 84 valence electrons. The van der Waals surface area contributed by atoms with Crippen molar-refractivity contribution in [3.8, 4) is 0 Å². The highest BCUT2D eigenvalue weighted by molar-refractivity contribution is 5.89. The summed E-state index contributed by atoms with van der Waals surface area (Å²) in [5, 5.41) is 2.55. The molecule has 1 amide bonds. The van der Waals surface area contributed by atoms with E-state index in [4.69, 9.17) is 4.74 Å². The smallest absolute Gasteiger partial charge is 0.407 e. The first-order chi connectivity index (χ1) is 7.70. The molecular formula is C11H11NO4. The van der Waals surface area contributed by atoms with Gasteiger partial charge in [0.1, 0.15) is 6.10 Å². The monoisotopic (exact) mass is 221 g/mol. The lowest BCUT2D eigenvalue weighted by molar-refractivity contribution is 0.0600. The molecule has 16 heavy (non-hydrogen) atoms. The van der Waals surface area contributed by atoms with Gasteiger partial charge in [-0.15, -0.1) is 0 Å². The maximum absolute atomic E-state index is 11.3. The highest BCUT2D eigenvalue weighted by Gasteiger charge is 2.24. The summed E-state index contributed by atoms with van der Waals surface area (Å²) in [6.45, 7) is 0.420. The van der Waals surface area contributed by atoms with Crippen LogP contribution in [0.3, 0.4) is 0 Å². The van der Waals surface area contributed by atoms with Crippen molar-refractivity contribution in [3.63, 3.8) is 0 Å². The third-order valence-electron chi connectivity index (χ3n) is 2.36. The molecule has 0 spiro atoms. The van der Waals surface area contributed by atoms with E-state index in [1.807, 2.05) is 0 Å². The quantitative estimate of drug-likeness (QED) is 0.763. The zero-order valence-electron chi connectivity index (χ0n) is 8.73. The van der Waals surface area contributed by atoms with Gasteiger partial charge in [0.15, 0.2) is 0 Å². The topological polar surface area (TPSA) is 64.6 Å². The van der Waals surface area contributed by atoms with Crippen LogP contribution in [0.5, 0.6) is 0 Å². The standard InChI is InChI=1S/C11H11NO4/c1-15-10(13)8-4-2-3-7(5-8)9-6-12-11(14)16-9/h2-5,9H,6H2,1H3,(H,12,14). The molecular weight excluding hydrogens is 210 g/mol. The van der Waals surface area contributed by atoms with Crippen LogP contribution in [0.15, 0.2) is 24.3 Å². The first kappa shape index (κ1) is 10.5. The van der Waals surface area contributed by atoms with Crippen LogP contribution in [0.2, 0.25) is 0 Å². The summed E-state index contributed by atoms with van der Waals surface area (Å²) in [4.78, 5) is 22.2. The average molecular weight is 221 g/mol. The largest absolute Gasteiger partial charge is 0.465 e. The Kier molecular flexibility index (Phi) is 2.76. The third-order valence-corrected chi connectivity index (χ3v) is 2.36. The predicted molar refractivity (Wildman–Crippen MR) is 55.0 cm³/mol. The Morgan fingerprint density at radius 1 is 1.56 bits per heavy atom. The Labute approximate surface area is 92.4 Å². The Morgan fingerprint density at radius 2 is 2.38 bits per heavy atom. The molecule has 2 rings (SSSR count). The van der Waals surface area contributed by atoms with Gasteiger partial charge < -0.3 is 14.8 Å². The van der Waals surface area contributed by atoms with E-state index in [0.717, 1.165) is 5.56 Å². The van der Waals surface area contributed by atoms with Crippen LogP contribution >= 0.6 is 0 Å². The number of cyclic esters (lactones) is 1. The van der Waals surface area contributed by atoms with E-state index in [1.165, 1.54) is 7.11 Å². The maximum Gasteiger partial charge on any atom is 0.407 e. The highest BCUT2D eigenvalue weighted by Crippen LogP contribution is 2.21. The number of carbonyl (C=O) groups excluding carboxylic acids is 2. The van der Waals surface area contributed by atoms with Crippen LogP contribution in [0.1, 0.15) is 22.0 Å². The maximum atomic E-state index is 11.3. The minimum atomic E-state index is -0.437. The van der Waals surface area contributed by atoms with Crippen molar-refractivity contribution in [3.05, 3.63) is 35.4 Å². The number of amides is 1. The van der Waals surface area contributed by atoms with Crippen molar-refractivity contribution in [2.45, 2.75) is 6.10 Å². The summed E-state index contributed by atoms with van der Waals surface area (Å²) in [7, 11) is 1.33. The van der Waals surface area contributed by atoms with Gasteiger partial charge in [0.25, 0.3) is 0 Å². The van der Waals surface area contributed by atoms with Gasteiger partial charge in [0.2, 0.25) is 0 Å². The first-order valence-electron chi connectivity index (χ1n) is 4.83. The summed E-state index contributed by atoms with van der Waals surface area (Å²) >= 11 is 0. The lowest BCUT2D eigenvalue weighted by Gasteiger charge is -2.08. The number of benzene rings is 1. The molecule has 0 saturated carbocycles. The summed E-state index contributed by atoms with van der Waals surface area (Å²) in [6.07, 6.45) is -0.773. The number of carbonyl (C=O) groups is 2. The Morgan fingerprint density at radius 3 is 3.00 bits per heavy atom. The van der Waals surface area contributed by atoms with Crippen molar-refractivity contribution in [2.75, 3.05) is 13.7 Å². The molecule has 1 unspecified atom stereocenters. The molecule has 0 radical (unpaired) electrons. The molecule has 1 fully saturated rings. The van der Waals surface area contributed by atoms with E-state index in [-0.39, 0.29) is 6.10 Å². The summed E-state index contributed by atoms with van der Waals surface area (Å²) in [5.74, 6) is -0.404. The summed E-state index contributed by atoms with van der Waals surface area (Å²) in [6, 6.07) is 6.85. The molecule has 1 heterocycles. The Bertz CT molecular complexity index is 430. The number of methoxy groups -OCH3 is 1. The fraction of sp³-hybridized carbons (Fsp3) is 0.273. The van der Waals surface area contributed by atoms with Gasteiger partial charge in [-0.25, -0.2) is 9.59 Å². The number of hydrogen-bond donors (Lipinski definition) is 1. The van der Waals surface area contributed by atoms with E-state index in [2.05, 4.69) is 10.1 Å². The Balaban J connectivity index is 2.22. The molecule has 0 aromatic heterocycles. The van der Waals surface area contributed by atoms with E-state index >= 15 is 0 Å². The van der Waals surface area contributed by atoms with Gasteiger partial charge in [-0.2, -0.15) is 0 Å². The Hall–Kier alpha value is -2.04. The minimum absolute atomic E-state index is 0.336. The van der Waals surface area contributed by atoms with Crippen molar-refractivity contribution >= 4 is 12.1 Å². The normalized spacial score (nSPS) is 18.8. The number of alkyl carbamates (subject to hydrolysis) is 1. The van der Waals surface area contributed by atoms with E-state index in [9.17, 15) is 9.59 Å². The second-order valence-corrected chi connectivity index (χ2v) is 3.39. The fourth-order valence-corrected chi connectivity index (χ4v) is 1.56. The van der Waals surface area contributed by atoms with Crippen LogP contribution in [-0.2, 0) is 9.47 Å². The molecule has 1 aromatic carbocycles. The van der Waals surface area contributed by atoms with E-state index in [0.29, 0.717) is 12.1 Å². The minimum Gasteiger partial charge on any atom is -0.465 e. The second-order valence-electron chi connectivity index (χ2n) is 3.39. The SMILES string of the molecule is COC(=O)c1cccc(C2CNC(=O)O2)c1. The van der Waals surface area contributed by atoms with Crippen LogP contribution in [0.4, 0.5) is 4.79 Å². The zero-order chi connectivity index (χ0) is 11.5. The summed E-state index contributed by atoms with van der Waals surface area (Å²) in [5.41, 5.74) is 1.23. The van der Waals surface area contributed by atoms with Crippen molar-refractivity contribution in [1.82, 2.24) is 5.32 Å². The second kappa shape index (κ2) is 4.22. The van der Waals surface area contributed by atoms with Crippen LogP contribution in [0, 0.1) is 0 Å². The van der Waals surface area contributed by atoms with Crippen LogP contribution < -0.4 is 5.32 Å². The van der Waals surface area contributed by atoms with Gasteiger partial charge in [-0.3, -0.25) is 0 Å². The molecule has 0 bridgehead atoms. The molecule has 1 aliphatic heterocycles. The number of ether oxygens (including phenoxy) is 2. The van der Waals surface area contributed by atoms with Crippen molar-refractivity contribution < 1.29 is 19.1 Å². The van der Waals surface area contributed by atoms with Gasteiger partial charge in [-0.05, 0) is 17.7 Å². The van der Waals surface area contributed by atoms with Crippen molar-refractivity contribution in [2.24, 2.45) is 0 Å². The highest BCUT2D eigenvalue weighted by atomic mass is 16.6. The first-order valence-corrected chi connectivity index (χ1v) is 4.83. The van der Waals surface area contributed by atoms with Gasteiger partial charge in [0.05, 0.1) is 19.2 Å². The fourth-order valence-electron chi connectivity index (χ4n) is 1.56. The van der Waals surface area contributed by atoms with Gasteiger partial charge >= 0.3 is 12.1 Å². The lowest BCUT2D eigenvalue weighted by atomic mass is 10.1. The molecule has 1 aliphatic rings. The van der Waals surface area contributed by atoms with Crippen LogP contribution in [0.25, 0.3) is 0 Å². The number of nitrogens with one attached hydrogen (secondary N) is 1. The molecule has 0 aliphatic carbocycles. The van der Waals surface area contributed by atoms with E-state index in [1.54, 1.807) is 24.3 Å². The predicted octanol–water partition coefficient (Wildman–Crippen LogP) is 1.25. The molecule has 5 heteroatoms. The zero-order valence-corrected chi connectivity index (χ0v) is 8.73. The van der Waals surface area contributed by atoms with Crippen molar-refractivity contribution in [1.29, 1.82) is 0 Å². The molecule has 1 aromatic rings. The number of hydrogen-bond acceptors (Lipinski definition) is 4. The number of esters is 1. The number of rotatable bonds is 2. The third kappa shape index (κ3) is 1.98. The average Bonchev–Trinajstić information content (AvgIpc) is 2.75. The van der Waals surface area contributed by atoms with Crippen LogP contribution in [-0.4, -0.2) is 25.7 Å². The molecule has 1 N–H and O–H groups in total.